The van der Waals surface area contributed by atoms with E-state index >= 15 is 0 Å². The predicted molar refractivity (Wildman–Crippen MR) is 146 cm³/mol. The van der Waals surface area contributed by atoms with Gasteiger partial charge in [0, 0.05) is 40.0 Å². The minimum Gasteiger partial charge on any atom is -0.489 e. The molecule has 0 aliphatic carbocycles. The van der Waals surface area contributed by atoms with Gasteiger partial charge in [-0.25, -0.2) is 0 Å². The third kappa shape index (κ3) is 4.71. The zero-order valence-electron chi connectivity index (χ0n) is 18.3. The van der Waals surface area contributed by atoms with Gasteiger partial charge in [-0.15, -0.1) is 0 Å². The van der Waals surface area contributed by atoms with Crippen LogP contribution in [0.25, 0.3) is 25.1 Å². The molecule has 0 fully saturated rings. The van der Waals surface area contributed by atoms with E-state index in [2.05, 4.69) is 101 Å². The maximum atomic E-state index is 6.08. The van der Waals surface area contributed by atoms with Crippen LogP contribution in [-0.4, -0.2) is 13.4 Å². The van der Waals surface area contributed by atoms with Gasteiger partial charge in [0.2, 0.25) is 0 Å². The van der Waals surface area contributed by atoms with Crippen molar-refractivity contribution in [1.29, 1.82) is 0 Å². The second kappa shape index (κ2) is 10.1. The maximum Gasteiger partial charge on any atom is 0.189 e. The van der Waals surface area contributed by atoms with Crippen molar-refractivity contribution in [2.45, 2.75) is 13.5 Å². The first-order valence-corrected chi connectivity index (χ1v) is 13.2. The highest BCUT2D eigenvalue weighted by Crippen LogP contribution is 2.48. The normalized spacial score (nSPS) is 11.2. The van der Waals surface area contributed by atoms with Crippen LogP contribution in [0.1, 0.15) is 12.5 Å². The highest BCUT2D eigenvalue weighted by atomic mass is 127. The highest BCUT2D eigenvalue weighted by Gasteiger charge is 2.22. The summed E-state index contributed by atoms with van der Waals surface area (Å²) in [6.45, 7) is 3.37. The lowest BCUT2D eigenvalue weighted by atomic mass is 10.2. The van der Waals surface area contributed by atoms with Gasteiger partial charge < -0.3 is 14.2 Å². The van der Waals surface area contributed by atoms with Gasteiger partial charge in [0.1, 0.15) is 18.1 Å². The number of thiophene rings is 1. The van der Waals surface area contributed by atoms with Crippen molar-refractivity contribution in [3.05, 3.63) is 100 Å². The molecule has 0 N–H and O–H groups in total. The number of hydrogen-bond acceptors (Lipinski definition) is 3. The molecule has 0 amide bonds. The highest BCUT2D eigenvalue weighted by molar-refractivity contribution is 14.1. The van der Waals surface area contributed by atoms with Gasteiger partial charge in [0.25, 0.3) is 0 Å². The van der Waals surface area contributed by atoms with Crippen LogP contribution in [-0.2, 0) is 11.3 Å². The van der Waals surface area contributed by atoms with E-state index < -0.39 is 0 Å². The van der Waals surface area contributed by atoms with E-state index in [1.807, 2.05) is 19.1 Å². The smallest absolute Gasteiger partial charge is 0.189 e. The zero-order valence-corrected chi connectivity index (χ0v) is 21.3. The molecule has 4 aromatic carbocycles. The van der Waals surface area contributed by atoms with E-state index in [0.29, 0.717) is 13.2 Å². The Kier molecular flexibility index (Phi) is 6.80. The van der Waals surface area contributed by atoms with Gasteiger partial charge in [-0.3, -0.25) is 0 Å². The molecular formula is C28H24IO3S+. The number of halogens is 1. The number of benzene rings is 4. The summed E-state index contributed by atoms with van der Waals surface area (Å²) in [6, 6.07) is 32.1. The Morgan fingerprint density at radius 1 is 0.758 bits per heavy atom. The Balaban J connectivity index is 1.33. The molecule has 33 heavy (non-hydrogen) atoms. The first kappa shape index (κ1) is 22.2. The van der Waals surface area contributed by atoms with Crippen LogP contribution in [0.4, 0.5) is 0 Å². The lowest BCUT2D eigenvalue weighted by Crippen LogP contribution is -2.04. The monoisotopic (exact) mass is 567 g/mol. The van der Waals surface area contributed by atoms with E-state index in [0.717, 1.165) is 20.6 Å². The fraction of sp³-hybridized carbons (Fsp3) is 0.143. The van der Waals surface area contributed by atoms with E-state index in [9.17, 15) is 0 Å². The van der Waals surface area contributed by atoms with Crippen LogP contribution in [0.5, 0.6) is 11.5 Å². The minimum atomic E-state index is -0.0790. The van der Waals surface area contributed by atoms with E-state index in [1.165, 1.54) is 25.1 Å². The number of hydrogen-bond donors (Lipinski definition) is 0. The van der Waals surface area contributed by atoms with Crippen LogP contribution in [0.3, 0.4) is 0 Å². The first-order chi connectivity index (χ1) is 16.2. The second-order valence-corrected chi connectivity index (χ2v) is 10.7. The van der Waals surface area contributed by atoms with Gasteiger partial charge in [-0.05, 0) is 83.6 Å². The minimum absolute atomic E-state index is 0.0790. The lowest BCUT2D eigenvalue weighted by molar-refractivity contribution is 0.0219. The summed E-state index contributed by atoms with van der Waals surface area (Å²) in [5.74, 6) is 1.70. The molecule has 0 aliphatic rings. The van der Waals surface area contributed by atoms with Gasteiger partial charge in [-0.2, -0.15) is 0 Å². The van der Waals surface area contributed by atoms with Crippen molar-refractivity contribution in [2.24, 2.45) is 0 Å². The molecular weight excluding hydrogens is 543 g/mol. The molecule has 0 aliphatic heterocycles. The number of fused-ring (bicyclic) bond motifs is 3. The molecule has 0 bridgehead atoms. The van der Waals surface area contributed by atoms with E-state index in [1.54, 1.807) is 0 Å². The Morgan fingerprint density at radius 2 is 1.42 bits per heavy atom. The quantitative estimate of drug-likeness (QED) is 0.0818. The van der Waals surface area contributed by atoms with Crippen LogP contribution in [0.2, 0.25) is 0 Å². The third-order valence-electron chi connectivity index (χ3n) is 5.47. The van der Waals surface area contributed by atoms with Crippen molar-refractivity contribution >= 4 is 53.2 Å². The number of ether oxygens (including phenoxy) is 3. The Hall–Kier alpha value is -2.61. The molecule has 0 atom stereocenters. The predicted octanol–water partition coefficient (Wildman–Crippen LogP) is 8.29. The molecule has 0 radical (unpaired) electrons. The van der Waals surface area contributed by atoms with Crippen molar-refractivity contribution in [1.82, 2.24) is 0 Å². The Labute approximate surface area is 210 Å². The molecule has 3 nitrogen and oxygen atoms in total. The average molecular weight is 567 g/mol. The summed E-state index contributed by atoms with van der Waals surface area (Å²) in [4.78, 5) is 1.31. The van der Waals surface area contributed by atoms with Crippen molar-refractivity contribution in [2.75, 3.05) is 13.4 Å². The molecule has 1 heterocycles. The maximum absolute atomic E-state index is 6.08. The summed E-state index contributed by atoms with van der Waals surface area (Å²) in [5, 5.41) is 2.69. The first-order valence-electron chi connectivity index (χ1n) is 10.9. The van der Waals surface area contributed by atoms with Gasteiger partial charge >= 0.3 is 0 Å². The molecule has 0 spiro atoms. The summed E-state index contributed by atoms with van der Waals surface area (Å²) in [5.41, 5.74) is 1.10. The fourth-order valence-corrected chi connectivity index (χ4v) is 7.00. The lowest BCUT2D eigenvalue weighted by Gasteiger charge is -2.10. The van der Waals surface area contributed by atoms with Crippen LogP contribution in [0, 0.1) is 3.57 Å². The topological polar surface area (TPSA) is 27.7 Å². The molecule has 0 saturated carbocycles. The van der Waals surface area contributed by atoms with Crippen molar-refractivity contribution in [3.8, 4) is 16.4 Å². The SMILES string of the molecule is CCOCOc1ccc(COc2ccc(-[s+]3c4ccccc4c4ccccc43)cc2)cc1I. The van der Waals surface area contributed by atoms with Crippen molar-refractivity contribution in [3.63, 3.8) is 0 Å². The van der Waals surface area contributed by atoms with Crippen LogP contribution < -0.4 is 9.47 Å². The van der Waals surface area contributed by atoms with Crippen LogP contribution >= 0.6 is 33.1 Å². The largest absolute Gasteiger partial charge is 0.489 e. The molecule has 0 saturated heterocycles. The second-order valence-electron chi connectivity index (χ2n) is 7.58. The van der Waals surface area contributed by atoms with E-state index in [-0.39, 0.29) is 17.3 Å². The standard InChI is InChI=1S/C28H24IO3S/c1-2-30-19-32-26-16-11-20(17-25(26)29)18-31-21-12-14-22(15-13-21)33-27-9-5-3-7-23(27)24-8-4-6-10-28(24)33/h3-17H,2,18-19H2,1H3/q+1. The molecule has 5 rings (SSSR count). The number of rotatable bonds is 8. The Bertz CT molecular complexity index is 1340. The Morgan fingerprint density at radius 3 is 2.06 bits per heavy atom. The molecule has 0 unspecified atom stereocenters. The molecule has 1 aromatic heterocycles. The summed E-state index contributed by atoms with van der Waals surface area (Å²) in [7, 11) is -0.0790. The van der Waals surface area contributed by atoms with Gasteiger partial charge in [0.15, 0.2) is 21.1 Å². The fourth-order valence-electron chi connectivity index (χ4n) is 3.88. The van der Waals surface area contributed by atoms with E-state index in [4.69, 9.17) is 14.2 Å². The van der Waals surface area contributed by atoms with Crippen LogP contribution in [0.15, 0.2) is 91.0 Å². The average Bonchev–Trinajstić information content (AvgIpc) is 3.19. The molecule has 5 heteroatoms. The molecule has 166 valence electrons. The zero-order chi connectivity index (χ0) is 22.6. The van der Waals surface area contributed by atoms with Gasteiger partial charge in [-0.1, -0.05) is 30.3 Å². The summed E-state index contributed by atoms with van der Waals surface area (Å²) >= 11 is 2.28. The van der Waals surface area contributed by atoms with Crippen molar-refractivity contribution < 1.29 is 14.2 Å². The summed E-state index contributed by atoms with van der Waals surface area (Å²) < 4.78 is 20.8. The molecule has 5 aromatic rings. The van der Waals surface area contributed by atoms with Gasteiger partial charge in [0.05, 0.1) is 3.57 Å². The summed E-state index contributed by atoms with van der Waals surface area (Å²) in [6.07, 6.45) is 0. The third-order valence-corrected chi connectivity index (χ3v) is 8.65.